The van der Waals surface area contributed by atoms with Crippen molar-refractivity contribution in [3.63, 3.8) is 0 Å². The first-order valence-electron chi connectivity index (χ1n) is 15.2. The molecule has 8 nitrogen and oxygen atoms in total. The van der Waals surface area contributed by atoms with Crippen LogP contribution in [0, 0.1) is 5.41 Å². The van der Waals surface area contributed by atoms with Crippen LogP contribution in [0.2, 0.25) is 23.2 Å². The van der Waals surface area contributed by atoms with Crippen molar-refractivity contribution >= 4 is 61.1 Å². The molecule has 0 aromatic heterocycles. The van der Waals surface area contributed by atoms with E-state index in [-0.39, 0.29) is 11.6 Å². The smallest absolute Gasteiger partial charge is 0.268 e. The van der Waals surface area contributed by atoms with Crippen LogP contribution in [-0.4, -0.2) is 72.5 Å². The molecule has 2 aliphatic rings. The van der Waals surface area contributed by atoms with Crippen LogP contribution < -0.4 is 10.4 Å². The number of carbonyl (C=O) groups is 4. The zero-order valence-corrected chi connectivity index (χ0v) is 30.5. The first-order valence-corrected chi connectivity index (χ1v) is 21.0. The first kappa shape index (κ1) is 35.2. The predicted molar refractivity (Wildman–Crippen MR) is 182 cm³/mol. The molecule has 242 valence electrons. The van der Waals surface area contributed by atoms with Crippen molar-refractivity contribution in [1.82, 2.24) is 5.06 Å². The number of benzene rings is 2. The molecule has 45 heavy (non-hydrogen) atoms. The van der Waals surface area contributed by atoms with E-state index in [4.69, 9.17) is 9.26 Å². The van der Waals surface area contributed by atoms with E-state index in [0.717, 1.165) is 15.4 Å². The van der Waals surface area contributed by atoms with Gasteiger partial charge in [-0.25, -0.2) is 0 Å². The second kappa shape index (κ2) is 11.8. The van der Waals surface area contributed by atoms with Crippen molar-refractivity contribution in [3.05, 3.63) is 73.3 Å². The highest BCUT2D eigenvalue weighted by Crippen LogP contribution is 2.67. The summed E-state index contributed by atoms with van der Waals surface area (Å²) in [6.07, 6.45) is 0.385. The third-order valence-electron chi connectivity index (χ3n) is 9.95. The number of hydroxylamine groups is 2. The highest BCUT2D eigenvalue weighted by atomic mass is 32.2. The maximum Gasteiger partial charge on any atom is 0.268 e. The Labute approximate surface area is 272 Å². The molecular weight excluding hydrogens is 623 g/mol. The lowest BCUT2D eigenvalue weighted by Gasteiger charge is -2.67. The van der Waals surface area contributed by atoms with Crippen LogP contribution >= 0.6 is 11.8 Å². The number of ketones is 2. The molecule has 2 fully saturated rings. The average Bonchev–Trinajstić information content (AvgIpc) is 2.96. The maximum atomic E-state index is 14.6. The van der Waals surface area contributed by atoms with Crippen LogP contribution in [0.1, 0.15) is 48.5 Å². The molecule has 0 spiro atoms. The lowest BCUT2D eigenvalue weighted by Crippen LogP contribution is -2.94. The summed E-state index contributed by atoms with van der Waals surface area (Å²) in [6.45, 7) is 21.2. The van der Waals surface area contributed by atoms with Crippen LogP contribution in [0.5, 0.6) is 0 Å². The molecule has 2 aromatic rings. The number of rotatable bonds is 11. The number of aliphatic hydroxyl groups is 1. The number of piperidine rings is 1. The summed E-state index contributed by atoms with van der Waals surface area (Å²) in [6, 6.07) is 19.0. The molecule has 1 aliphatic heterocycles. The van der Waals surface area contributed by atoms with Gasteiger partial charge in [-0.05, 0) is 41.9 Å². The van der Waals surface area contributed by atoms with Gasteiger partial charge >= 0.3 is 0 Å². The molecule has 0 radical (unpaired) electrons. The molecule has 2 aromatic carbocycles. The fourth-order valence-electron chi connectivity index (χ4n) is 6.67. The van der Waals surface area contributed by atoms with Crippen LogP contribution in [0.15, 0.2) is 73.3 Å². The Kier molecular flexibility index (Phi) is 9.26. The SMILES string of the molecule is C=CCON1C(=O)[C@@]2([C@@H](C)O[Si](C)(C)C(C)(C)C)C(=O)C(=O)[C@]12SC(=O)C(O)[Si](c1ccccc1)(c1ccccc1)C(C)(C)C. The summed E-state index contributed by atoms with van der Waals surface area (Å²) in [7, 11) is -5.97. The largest absolute Gasteiger partial charge is 0.412 e. The highest BCUT2D eigenvalue weighted by Gasteiger charge is 2.92. The minimum absolute atomic E-state index is 0.130. The van der Waals surface area contributed by atoms with Gasteiger partial charge in [0.1, 0.15) is 5.73 Å². The van der Waals surface area contributed by atoms with E-state index in [2.05, 4.69) is 6.58 Å². The van der Waals surface area contributed by atoms with Gasteiger partial charge in [0.05, 0.1) is 12.7 Å². The molecule has 1 saturated carbocycles. The molecule has 11 heteroatoms. The molecule has 4 atom stereocenters. The molecular formula is C34H45NO7SSi2. The Hall–Kier alpha value is -2.68. The van der Waals surface area contributed by atoms with Gasteiger partial charge in [-0.2, -0.15) is 5.06 Å². The van der Waals surface area contributed by atoms with Crippen LogP contribution in [0.4, 0.5) is 0 Å². The highest BCUT2D eigenvalue weighted by molar-refractivity contribution is 8.16. The minimum Gasteiger partial charge on any atom is -0.412 e. The molecule has 1 unspecified atom stereocenters. The second-order valence-electron chi connectivity index (χ2n) is 14.4. The Morgan fingerprint density at radius 2 is 1.42 bits per heavy atom. The van der Waals surface area contributed by atoms with Gasteiger partial charge in [-0.3, -0.25) is 24.0 Å². The van der Waals surface area contributed by atoms with Crippen LogP contribution in [-0.2, 0) is 28.4 Å². The second-order valence-corrected chi connectivity index (χ2v) is 25.2. The molecule has 0 bridgehead atoms. The number of β-lactam (4-membered cyclic amide) rings is 1. The normalized spacial score (nSPS) is 23.5. The average molecular weight is 668 g/mol. The fourth-order valence-corrected chi connectivity index (χ4v) is 15.4. The lowest BCUT2D eigenvalue weighted by atomic mass is 9.52. The summed E-state index contributed by atoms with van der Waals surface area (Å²) < 4.78 is 6.56. The van der Waals surface area contributed by atoms with Crippen molar-refractivity contribution in [2.24, 2.45) is 5.41 Å². The monoisotopic (exact) mass is 667 g/mol. The standard InChI is InChI=1S/C34H45NO7SSi2/c1-11-22-41-35-30(40)33(23(2)42-44(9,10)31(3,4)5)26(36)27(37)34(33,35)43-28(38)29(39)45(32(6,7)8,24-18-14-12-15-19-24)25-20-16-13-17-21-25/h11-21,23,29,39H,1,22H2,2-10H3/t23-,29?,33-,34-/m1/s1. The Morgan fingerprint density at radius 3 is 1.84 bits per heavy atom. The van der Waals surface area contributed by atoms with E-state index in [1.54, 1.807) is 6.92 Å². The van der Waals surface area contributed by atoms with Crippen molar-refractivity contribution in [2.45, 2.75) is 88.3 Å². The van der Waals surface area contributed by atoms with Gasteiger partial charge < -0.3 is 9.53 Å². The number of nitrogens with zero attached hydrogens (tertiary/aromatic N) is 1. The lowest BCUT2D eigenvalue weighted by molar-refractivity contribution is -0.281. The molecule has 1 heterocycles. The summed E-state index contributed by atoms with van der Waals surface area (Å²) >= 11 is 0.515. The summed E-state index contributed by atoms with van der Waals surface area (Å²) in [5.74, 6) is -2.57. The fraction of sp³-hybridized carbons (Fsp3) is 0.471. The zero-order valence-electron chi connectivity index (χ0n) is 27.7. The van der Waals surface area contributed by atoms with E-state index in [0.29, 0.717) is 11.8 Å². The van der Waals surface area contributed by atoms with Crippen molar-refractivity contribution in [2.75, 3.05) is 6.61 Å². The summed E-state index contributed by atoms with van der Waals surface area (Å²) in [4.78, 5) is 59.5. The van der Waals surface area contributed by atoms with Gasteiger partial charge in [0.2, 0.25) is 21.6 Å². The summed E-state index contributed by atoms with van der Waals surface area (Å²) in [5.41, 5.74) is -3.52. The number of thioether (sulfide) groups is 1. The molecule has 1 N–H and O–H groups in total. The third-order valence-corrected chi connectivity index (χ3v) is 22.0. The number of carbonyl (C=O) groups excluding carboxylic acids is 4. The molecule has 1 saturated heterocycles. The van der Waals surface area contributed by atoms with Crippen molar-refractivity contribution in [3.8, 4) is 0 Å². The number of amides is 1. The topological polar surface area (TPSA) is 110 Å². The van der Waals surface area contributed by atoms with E-state index < -0.39 is 66.1 Å². The summed E-state index contributed by atoms with van der Waals surface area (Å²) in [5, 5.41) is 13.3. The van der Waals surface area contributed by atoms with E-state index in [9.17, 15) is 24.3 Å². The van der Waals surface area contributed by atoms with Gasteiger partial charge in [0.15, 0.2) is 21.8 Å². The van der Waals surface area contributed by atoms with Gasteiger partial charge in [0, 0.05) is 0 Å². The van der Waals surface area contributed by atoms with Gasteiger partial charge in [-0.15, -0.1) is 6.58 Å². The Balaban J connectivity index is 1.87. The first-order chi connectivity index (χ1) is 20.8. The molecule has 1 amide bonds. The van der Waals surface area contributed by atoms with Crippen LogP contribution in [0.3, 0.4) is 0 Å². The van der Waals surface area contributed by atoms with E-state index in [1.807, 2.05) is 115 Å². The zero-order chi connectivity index (χ0) is 33.8. The van der Waals surface area contributed by atoms with Crippen molar-refractivity contribution < 1.29 is 33.5 Å². The van der Waals surface area contributed by atoms with E-state index in [1.165, 1.54) is 6.08 Å². The molecule has 1 aliphatic carbocycles. The van der Waals surface area contributed by atoms with Crippen molar-refractivity contribution in [1.29, 1.82) is 0 Å². The Bertz CT molecular complexity index is 1460. The van der Waals surface area contributed by atoms with Gasteiger partial charge in [0.25, 0.3) is 5.91 Å². The molecule has 4 rings (SSSR count). The number of hydrogen-bond donors (Lipinski definition) is 1. The van der Waals surface area contributed by atoms with Crippen LogP contribution in [0.25, 0.3) is 0 Å². The maximum absolute atomic E-state index is 14.6. The minimum atomic E-state index is -3.42. The van der Waals surface area contributed by atoms with E-state index >= 15 is 0 Å². The quantitative estimate of drug-likeness (QED) is 0.123. The number of hydrogen-bond acceptors (Lipinski definition) is 8. The number of aliphatic hydroxyl groups excluding tert-OH is 1. The number of fused-ring (bicyclic) bond motifs is 1. The van der Waals surface area contributed by atoms with Gasteiger partial charge in [-0.1, -0.05) is 119 Å². The predicted octanol–water partition coefficient (Wildman–Crippen LogP) is 4.41. The third kappa shape index (κ3) is 4.89. The number of Topliss-reactive ketones (excluding diaryl/α,β-unsaturated/α-hetero) is 2. The Morgan fingerprint density at radius 1 is 0.933 bits per heavy atom.